The number of fused-ring (bicyclic) bond motifs is 6. The quantitative estimate of drug-likeness (QED) is 0.598. The molecule has 3 aliphatic heterocycles. The average Bonchev–Trinajstić information content (AvgIpc) is 3.00. The molecule has 0 amide bonds. The van der Waals surface area contributed by atoms with Gasteiger partial charge in [0.1, 0.15) is 6.61 Å². The van der Waals surface area contributed by atoms with Crippen molar-refractivity contribution in [1.82, 2.24) is 9.88 Å². The van der Waals surface area contributed by atoms with Gasteiger partial charge in [0.05, 0.1) is 12.0 Å². The number of cyclic esters (lactones) is 1. The zero-order chi connectivity index (χ0) is 16.3. The summed E-state index contributed by atoms with van der Waals surface area (Å²) in [4.78, 5) is 18.4. The second-order valence-corrected chi connectivity index (χ2v) is 7.24. The van der Waals surface area contributed by atoms with Gasteiger partial charge in [-0.1, -0.05) is 24.3 Å². The van der Waals surface area contributed by atoms with Gasteiger partial charge in [-0.05, 0) is 42.9 Å². The van der Waals surface area contributed by atoms with E-state index in [0.29, 0.717) is 18.6 Å². The molecule has 4 heterocycles. The summed E-state index contributed by atoms with van der Waals surface area (Å²) >= 11 is 0. The molecule has 4 nitrogen and oxygen atoms in total. The van der Waals surface area contributed by atoms with E-state index in [2.05, 4.69) is 47.1 Å². The van der Waals surface area contributed by atoms with Gasteiger partial charge in [-0.25, -0.2) is 0 Å². The molecule has 0 aliphatic carbocycles. The highest BCUT2D eigenvalue weighted by molar-refractivity contribution is 5.85. The Morgan fingerprint density at radius 1 is 1.29 bits per heavy atom. The summed E-state index contributed by atoms with van der Waals surface area (Å²) in [6.45, 7) is 4.39. The maximum atomic E-state index is 12.3. The third-order valence-corrected chi connectivity index (χ3v) is 6.19. The van der Waals surface area contributed by atoms with Gasteiger partial charge in [0, 0.05) is 29.7 Å². The van der Waals surface area contributed by atoms with Gasteiger partial charge in [0.25, 0.3) is 0 Å². The van der Waals surface area contributed by atoms with Crippen molar-refractivity contribution in [3.8, 4) is 0 Å². The number of hydrogen-bond donors (Lipinski definition) is 1. The van der Waals surface area contributed by atoms with E-state index in [0.717, 1.165) is 25.9 Å². The molecular weight excluding hydrogens is 300 g/mol. The number of ether oxygens (including phenoxy) is 1. The van der Waals surface area contributed by atoms with Gasteiger partial charge < -0.3 is 9.72 Å². The van der Waals surface area contributed by atoms with E-state index in [9.17, 15) is 4.79 Å². The summed E-state index contributed by atoms with van der Waals surface area (Å²) in [6, 6.07) is 8.99. The van der Waals surface area contributed by atoms with Crippen molar-refractivity contribution in [2.45, 2.75) is 25.8 Å². The standard InChI is InChI=1S/C20H22N2O2/c1-2-12-11-24-20(23)16-10-22-8-7-14-13-5-3-4-6-17(13)21-19(14)18(22)9-15(12)16/h2-6,15-16,18,21H,7-11H2,1H3. The molecule has 0 saturated carbocycles. The summed E-state index contributed by atoms with van der Waals surface area (Å²) < 4.78 is 5.41. The van der Waals surface area contributed by atoms with E-state index in [1.54, 1.807) is 0 Å². The average molecular weight is 322 g/mol. The molecule has 0 radical (unpaired) electrons. The fourth-order valence-electron chi connectivity index (χ4n) is 4.95. The number of benzene rings is 1. The number of rotatable bonds is 0. The lowest BCUT2D eigenvalue weighted by Gasteiger charge is -2.47. The molecule has 124 valence electrons. The predicted molar refractivity (Wildman–Crippen MR) is 92.6 cm³/mol. The first-order valence-corrected chi connectivity index (χ1v) is 8.91. The molecule has 2 aromatic rings. The Morgan fingerprint density at radius 2 is 2.17 bits per heavy atom. The minimum atomic E-state index is -0.00788. The first-order valence-electron chi connectivity index (χ1n) is 8.91. The van der Waals surface area contributed by atoms with E-state index >= 15 is 0 Å². The summed E-state index contributed by atoms with van der Waals surface area (Å²) in [5.41, 5.74) is 5.38. The lowest BCUT2D eigenvalue weighted by molar-refractivity contribution is -0.157. The maximum Gasteiger partial charge on any atom is 0.311 e. The highest BCUT2D eigenvalue weighted by Crippen LogP contribution is 2.46. The minimum Gasteiger partial charge on any atom is -0.461 e. The van der Waals surface area contributed by atoms with Gasteiger partial charge >= 0.3 is 5.97 Å². The molecule has 2 saturated heterocycles. The van der Waals surface area contributed by atoms with Crippen LogP contribution in [-0.2, 0) is 16.0 Å². The van der Waals surface area contributed by atoms with Crippen LogP contribution < -0.4 is 0 Å². The molecule has 1 N–H and O–H groups in total. The Balaban J connectivity index is 1.57. The van der Waals surface area contributed by atoms with Gasteiger partial charge in [-0.2, -0.15) is 0 Å². The lowest BCUT2D eigenvalue weighted by Crippen LogP contribution is -2.51. The summed E-state index contributed by atoms with van der Waals surface area (Å²) in [5.74, 6) is 0.327. The molecule has 0 bridgehead atoms. The van der Waals surface area contributed by atoms with Gasteiger partial charge in [-0.15, -0.1) is 0 Å². The number of H-pyrrole nitrogens is 1. The number of carbonyl (C=O) groups is 1. The van der Waals surface area contributed by atoms with Crippen molar-refractivity contribution >= 4 is 16.9 Å². The molecule has 2 fully saturated rings. The molecule has 3 atom stereocenters. The number of piperidine rings is 1. The SMILES string of the molecule is CC=C1COC(=O)C2CN3CCc4c([nH]c5ccccc45)C3CC12. The summed E-state index contributed by atoms with van der Waals surface area (Å²) in [6.07, 6.45) is 4.22. The maximum absolute atomic E-state index is 12.3. The van der Waals surface area contributed by atoms with Crippen molar-refractivity contribution in [3.63, 3.8) is 0 Å². The fourth-order valence-corrected chi connectivity index (χ4v) is 4.95. The fraction of sp³-hybridized carbons (Fsp3) is 0.450. The first kappa shape index (κ1) is 14.3. The van der Waals surface area contributed by atoms with E-state index in [1.165, 1.54) is 27.7 Å². The molecule has 1 aromatic carbocycles. The number of allylic oxidation sites excluding steroid dienone is 1. The van der Waals surface area contributed by atoms with Crippen LogP contribution in [0.5, 0.6) is 0 Å². The van der Waals surface area contributed by atoms with Crippen LogP contribution in [0.3, 0.4) is 0 Å². The Kier molecular flexibility index (Phi) is 3.10. The molecule has 5 rings (SSSR count). The van der Waals surface area contributed by atoms with Crippen LogP contribution in [0.1, 0.15) is 30.6 Å². The van der Waals surface area contributed by atoms with E-state index in [-0.39, 0.29) is 11.9 Å². The Morgan fingerprint density at radius 3 is 3.04 bits per heavy atom. The van der Waals surface area contributed by atoms with Crippen molar-refractivity contribution in [3.05, 3.63) is 47.2 Å². The number of nitrogens with zero attached hydrogens (tertiary/aromatic N) is 1. The largest absolute Gasteiger partial charge is 0.461 e. The third-order valence-electron chi connectivity index (χ3n) is 6.19. The van der Waals surface area contributed by atoms with Crippen LogP contribution in [0.15, 0.2) is 35.9 Å². The highest BCUT2D eigenvalue weighted by atomic mass is 16.5. The Labute approximate surface area is 141 Å². The minimum absolute atomic E-state index is 0.00660. The van der Waals surface area contributed by atoms with Crippen molar-refractivity contribution < 1.29 is 9.53 Å². The molecule has 3 aliphatic rings. The molecule has 4 heteroatoms. The molecular formula is C20H22N2O2. The molecule has 0 spiro atoms. The van der Waals surface area contributed by atoms with E-state index in [4.69, 9.17) is 4.74 Å². The zero-order valence-corrected chi connectivity index (χ0v) is 13.9. The van der Waals surface area contributed by atoms with E-state index < -0.39 is 0 Å². The molecule has 1 aromatic heterocycles. The number of hydrogen-bond acceptors (Lipinski definition) is 3. The number of para-hydroxylation sites is 1. The Hall–Kier alpha value is -2.07. The van der Waals surface area contributed by atoms with Crippen LogP contribution in [-0.4, -0.2) is 35.5 Å². The molecule has 3 unspecified atom stereocenters. The number of aromatic nitrogens is 1. The van der Waals surface area contributed by atoms with Crippen molar-refractivity contribution in [1.29, 1.82) is 0 Å². The zero-order valence-electron chi connectivity index (χ0n) is 13.9. The van der Waals surface area contributed by atoms with Gasteiger partial charge in [0.2, 0.25) is 0 Å². The van der Waals surface area contributed by atoms with Crippen LogP contribution >= 0.6 is 0 Å². The van der Waals surface area contributed by atoms with Crippen molar-refractivity contribution in [2.24, 2.45) is 11.8 Å². The Bertz CT molecular complexity index is 850. The lowest BCUT2D eigenvalue weighted by atomic mass is 9.74. The van der Waals surface area contributed by atoms with Gasteiger partial charge in [-0.3, -0.25) is 9.69 Å². The molecule has 24 heavy (non-hydrogen) atoms. The number of aromatic amines is 1. The number of carbonyl (C=O) groups excluding carboxylic acids is 1. The smallest absolute Gasteiger partial charge is 0.311 e. The van der Waals surface area contributed by atoms with E-state index in [1.807, 2.05) is 0 Å². The predicted octanol–water partition coefficient (Wildman–Crippen LogP) is 3.21. The third kappa shape index (κ3) is 1.92. The summed E-state index contributed by atoms with van der Waals surface area (Å²) in [5, 5.41) is 1.36. The van der Waals surface area contributed by atoms with Crippen LogP contribution in [0.2, 0.25) is 0 Å². The van der Waals surface area contributed by atoms with Crippen LogP contribution in [0, 0.1) is 11.8 Å². The highest BCUT2D eigenvalue weighted by Gasteiger charge is 2.46. The second kappa shape index (κ2) is 5.21. The topological polar surface area (TPSA) is 45.3 Å². The van der Waals surface area contributed by atoms with Crippen LogP contribution in [0.4, 0.5) is 0 Å². The van der Waals surface area contributed by atoms with Crippen molar-refractivity contribution in [2.75, 3.05) is 19.7 Å². The first-order chi connectivity index (χ1) is 11.8. The number of esters is 1. The normalized spacial score (nSPS) is 31.5. The number of nitrogens with one attached hydrogen (secondary N) is 1. The van der Waals surface area contributed by atoms with Gasteiger partial charge in [0.15, 0.2) is 0 Å². The second-order valence-electron chi connectivity index (χ2n) is 7.24. The monoisotopic (exact) mass is 322 g/mol. The van der Waals surface area contributed by atoms with Crippen LogP contribution in [0.25, 0.3) is 10.9 Å². The summed E-state index contributed by atoms with van der Waals surface area (Å²) in [7, 11) is 0.